The Bertz CT molecular complexity index is 379. The van der Waals surface area contributed by atoms with Crippen LogP contribution >= 0.6 is 24.0 Å². The Morgan fingerprint density at radius 3 is 2.84 bits per heavy atom. The third-order valence-corrected chi connectivity index (χ3v) is 4.39. The fourth-order valence-electron chi connectivity index (χ4n) is 3.25. The minimum absolute atomic E-state index is 0. The number of hydrogen-bond donors (Lipinski definition) is 1. The first-order chi connectivity index (χ1) is 8.70. The number of aliphatic hydroxyl groups is 1. The van der Waals surface area contributed by atoms with Crippen LogP contribution in [0, 0.1) is 11.8 Å². The summed E-state index contributed by atoms with van der Waals surface area (Å²) in [6.07, 6.45) is 7.13. The summed E-state index contributed by atoms with van der Waals surface area (Å²) in [4.78, 5) is 0. The molecule has 0 amide bonds. The van der Waals surface area contributed by atoms with Crippen molar-refractivity contribution in [3.8, 4) is 0 Å². The lowest BCUT2D eigenvalue weighted by Gasteiger charge is -2.32. The van der Waals surface area contributed by atoms with Gasteiger partial charge in [0, 0.05) is 5.02 Å². The molecule has 1 aliphatic rings. The normalized spacial score (nSPS) is 24.6. The Kier molecular flexibility index (Phi) is 7.20. The molecule has 3 atom stereocenters. The molecule has 108 valence electrons. The molecule has 3 heteroatoms. The first-order valence-electron chi connectivity index (χ1n) is 7.14. The maximum absolute atomic E-state index is 10.5. The number of aliphatic hydroxyl groups excluding tert-OH is 1. The van der Waals surface area contributed by atoms with Crippen LogP contribution in [0.4, 0.5) is 0 Å². The van der Waals surface area contributed by atoms with Crippen molar-refractivity contribution in [1.29, 1.82) is 0 Å². The molecule has 0 aromatic heterocycles. The monoisotopic (exact) mass is 302 g/mol. The topological polar surface area (TPSA) is 20.2 Å². The predicted octanol–water partition coefficient (Wildman–Crippen LogP) is 5.40. The number of hydrogen-bond acceptors (Lipinski definition) is 1. The van der Waals surface area contributed by atoms with Gasteiger partial charge in [0.2, 0.25) is 0 Å². The Labute approximate surface area is 127 Å². The fraction of sp³-hybridized carbons (Fsp3) is 0.625. The van der Waals surface area contributed by atoms with Crippen molar-refractivity contribution < 1.29 is 5.11 Å². The van der Waals surface area contributed by atoms with E-state index in [0.717, 1.165) is 17.9 Å². The highest BCUT2D eigenvalue weighted by Crippen LogP contribution is 2.39. The van der Waals surface area contributed by atoms with Crippen molar-refractivity contribution >= 4 is 24.0 Å². The number of halogens is 2. The average Bonchev–Trinajstić information content (AvgIpc) is 2.39. The summed E-state index contributed by atoms with van der Waals surface area (Å²) in [5, 5.41) is 11.2. The Balaban J connectivity index is 0.00000180. The third-order valence-electron chi connectivity index (χ3n) is 4.16. The summed E-state index contributed by atoms with van der Waals surface area (Å²) in [7, 11) is 0. The van der Waals surface area contributed by atoms with Gasteiger partial charge in [0.15, 0.2) is 0 Å². The molecule has 1 aromatic rings. The largest absolute Gasteiger partial charge is 0.388 e. The van der Waals surface area contributed by atoms with E-state index >= 15 is 0 Å². The van der Waals surface area contributed by atoms with Crippen LogP contribution in [0.2, 0.25) is 5.02 Å². The predicted molar refractivity (Wildman–Crippen MR) is 84.0 cm³/mol. The van der Waals surface area contributed by atoms with E-state index in [1.165, 1.54) is 32.1 Å². The lowest BCUT2D eigenvalue weighted by atomic mass is 9.76. The zero-order valence-corrected chi connectivity index (χ0v) is 13.1. The maximum atomic E-state index is 10.5. The van der Waals surface area contributed by atoms with Gasteiger partial charge in [0.25, 0.3) is 0 Å². The van der Waals surface area contributed by atoms with Gasteiger partial charge in [-0.3, -0.25) is 0 Å². The van der Waals surface area contributed by atoms with Gasteiger partial charge < -0.3 is 5.11 Å². The van der Waals surface area contributed by atoms with Crippen LogP contribution < -0.4 is 0 Å². The van der Waals surface area contributed by atoms with Gasteiger partial charge in [-0.25, -0.2) is 0 Å². The average molecular weight is 303 g/mol. The van der Waals surface area contributed by atoms with Gasteiger partial charge >= 0.3 is 0 Å². The summed E-state index contributed by atoms with van der Waals surface area (Å²) in [5.41, 5.74) is 0.977. The summed E-state index contributed by atoms with van der Waals surface area (Å²) in [6, 6.07) is 7.67. The highest BCUT2D eigenvalue weighted by Gasteiger charge is 2.27. The molecule has 1 saturated carbocycles. The lowest BCUT2D eigenvalue weighted by Crippen LogP contribution is -2.21. The Morgan fingerprint density at radius 2 is 2.16 bits per heavy atom. The Morgan fingerprint density at radius 1 is 1.37 bits per heavy atom. The van der Waals surface area contributed by atoms with E-state index in [2.05, 4.69) is 6.92 Å². The van der Waals surface area contributed by atoms with E-state index in [4.69, 9.17) is 11.6 Å². The maximum Gasteiger partial charge on any atom is 0.0818 e. The summed E-state index contributed by atoms with van der Waals surface area (Å²) < 4.78 is 0. The molecule has 1 aromatic carbocycles. The highest BCUT2D eigenvalue weighted by atomic mass is 35.5. The van der Waals surface area contributed by atoms with Gasteiger partial charge in [0.05, 0.1) is 6.10 Å². The van der Waals surface area contributed by atoms with Crippen molar-refractivity contribution in [2.75, 3.05) is 0 Å². The zero-order chi connectivity index (χ0) is 13.0. The van der Waals surface area contributed by atoms with E-state index < -0.39 is 0 Å². The summed E-state index contributed by atoms with van der Waals surface area (Å²) >= 11 is 6.00. The molecule has 0 spiro atoms. The molecule has 1 aliphatic carbocycles. The smallest absolute Gasteiger partial charge is 0.0818 e. The van der Waals surface area contributed by atoms with Gasteiger partial charge in [-0.1, -0.05) is 56.3 Å². The lowest BCUT2D eigenvalue weighted by molar-refractivity contribution is 0.0668. The van der Waals surface area contributed by atoms with E-state index in [1.807, 2.05) is 24.3 Å². The van der Waals surface area contributed by atoms with Crippen LogP contribution in [-0.2, 0) is 0 Å². The van der Waals surface area contributed by atoms with Crippen LogP contribution in [0.15, 0.2) is 24.3 Å². The summed E-state index contributed by atoms with van der Waals surface area (Å²) in [6.45, 7) is 2.25. The van der Waals surface area contributed by atoms with Crippen molar-refractivity contribution in [2.45, 2.75) is 51.6 Å². The molecule has 0 unspecified atom stereocenters. The number of rotatable bonds is 4. The van der Waals surface area contributed by atoms with Gasteiger partial charge in [-0.05, 0) is 42.4 Å². The highest BCUT2D eigenvalue weighted by molar-refractivity contribution is 6.30. The second kappa shape index (κ2) is 8.14. The van der Waals surface area contributed by atoms with E-state index in [-0.39, 0.29) is 18.5 Å². The quantitative estimate of drug-likeness (QED) is 0.789. The van der Waals surface area contributed by atoms with Crippen LogP contribution in [0.5, 0.6) is 0 Å². The molecule has 0 bridgehead atoms. The minimum Gasteiger partial charge on any atom is -0.388 e. The van der Waals surface area contributed by atoms with Crippen LogP contribution in [0.25, 0.3) is 0 Å². The van der Waals surface area contributed by atoms with Crippen LogP contribution in [-0.4, -0.2) is 5.11 Å². The minimum atomic E-state index is -0.344. The molecular weight excluding hydrogens is 279 g/mol. The first-order valence-corrected chi connectivity index (χ1v) is 7.52. The molecule has 0 radical (unpaired) electrons. The first kappa shape index (κ1) is 16.8. The molecule has 0 heterocycles. The van der Waals surface area contributed by atoms with Gasteiger partial charge in [-0.2, -0.15) is 0 Å². The van der Waals surface area contributed by atoms with Gasteiger partial charge in [-0.15, -0.1) is 12.4 Å². The van der Waals surface area contributed by atoms with Crippen molar-refractivity contribution in [1.82, 2.24) is 0 Å². The molecule has 0 aliphatic heterocycles. The zero-order valence-electron chi connectivity index (χ0n) is 11.5. The molecular formula is C16H24Cl2O. The van der Waals surface area contributed by atoms with Crippen molar-refractivity contribution in [2.24, 2.45) is 11.8 Å². The third kappa shape index (κ3) is 4.66. The van der Waals surface area contributed by atoms with E-state index in [9.17, 15) is 5.11 Å². The second-order valence-corrected chi connectivity index (χ2v) is 6.02. The van der Waals surface area contributed by atoms with E-state index in [1.54, 1.807) is 0 Å². The van der Waals surface area contributed by atoms with Crippen LogP contribution in [0.3, 0.4) is 0 Å². The van der Waals surface area contributed by atoms with E-state index in [0.29, 0.717) is 10.9 Å². The molecule has 0 saturated heterocycles. The molecule has 1 N–H and O–H groups in total. The standard InChI is InChI=1S/C16H23ClO.ClH/c1-2-5-12-6-3-7-13(10-12)16(18)14-8-4-9-15(17)11-14;/h4,8-9,11-13,16,18H,2-3,5-7,10H2,1H3;1H/t12-,13-,16+;/m0./s1. The summed E-state index contributed by atoms with van der Waals surface area (Å²) in [5.74, 6) is 1.22. The van der Waals surface area contributed by atoms with Crippen molar-refractivity contribution in [3.05, 3.63) is 34.9 Å². The second-order valence-electron chi connectivity index (χ2n) is 5.58. The SMILES string of the molecule is CCC[C@H]1CCC[C@H]([C@@H](O)c2cccc(Cl)c2)C1.Cl. The van der Waals surface area contributed by atoms with Gasteiger partial charge in [0.1, 0.15) is 0 Å². The van der Waals surface area contributed by atoms with Crippen LogP contribution in [0.1, 0.15) is 57.1 Å². The molecule has 1 fully saturated rings. The Hall–Kier alpha value is -0.240. The molecule has 2 rings (SSSR count). The molecule has 1 nitrogen and oxygen atoms in total. The fourth-order valence-corrected chi connectivity index (χ4v) is 3.45. The van der Waals surface area contributed by atoms with Crippen molar-refractivity contribution in [3.63, 3.8) is 0 Å². The molecule has 19 heavy (non-hydrogen) atoms. The number of benzene rings is 1.